The van der Waals surface area contributed by atoms with Crippen molar-refractivity contribution in [3.8, 4) is 23.3 Å². The van der Waals surface area contributed by atoms with Crippen LogP contribution in [0.3, 0.4) is 0 Å². The Morgan fingerprint density at radius 1 is 0.667 bits per heavy atom. The lowest BCUT2D eigenvalue weighted by molar-refractivity contribution is 0.0733. The fourth-order valence-corrected chi connectivity index (χ4v) is 4.01. The van der Waals surface area contributed by atoms with Crippen LogP contribution in [0.1, 0.15) is 92.6 Å². The Labute approximate surface area is 229 Å². The van der Waals surface area contributed by atoms with E-state index >= 15 is 0 Å². The smallest absolute Gasteiger partial charge is 0.343 e. The molecule has 3 rings (SSSR count). The maximum Gasteiger partial charge on any atom is 0.343 e. The van der Waals surface area contributed by atoms with Crippen LogP contribution >= 0.6 is 0 Å². The standard InChI is InChI=1S/C33H35F3O3/c1-2-3-4-5-6-7-8-9-10-11-22-38-28-20-16-26(17-21-28)13-12-25-14-18-27(19-15-25)33(37)39-29-23-30(34)32(36)31(35)24-29/h14-21,23-24H,2-11,22H2,1H3. The minimum Gasteiger partial charge on any atom is -0.494 e. The second-order valence-electron chi connectivity index (χ2n) is 9.47. The molecule has 3 aromatic rings. The molecule has 0 aromatic heterocycles. The first-order chi connectivity index (χ1) is 19.0. The summed E-state index contributed by atoms with van der Waals surface area (Å²) in [6.07, 6.45) is 12.9. The fraction of sp³-hybridized carbons (Fsp3) is 0.364. The van der Waals surface area contributed by atoms with Crippen LogP contribution in [-0.4, -0.2) is 12.6 Å². The summed E-state index contributed by atoms with van der Waals surface area (Å²) < 4.78 is 50.5. The van der Waals surface area contributed by atoms with Crippen LogP contribution in [0.25, 0.3) is 0 Å². The number of hydrogen-bond donors (Lipinski definition) is 0. The molecule has 0 radical (unpaired) electrons. The molecule has 6 heteroatoms. The van der Waals surface area contributed by atoms with Crippen molar-refractivity contribution >= 4 is 5.97 Å². The van der Waals surface area contributed by atoms with E-state index in [-0.39, 0.29) is 5.56 Å². The molecule has 0 amide bonds. The van der Waals surface area contributed by atoms with Gasteiger partial charge < -0.3 is 9.47 Å². The van der Waals surface area contributed by atoms with Crippen LogP contribution in [0.5, 0.6) is 11.5 Å². The molecule has 0 aliphatic rings. The molecule has 0 fully saturated rings. The van der Waals surface area contributed by atoms with E-state index in [1.54, 1.807) is 12.1 Å². The van der Waals surface area contributed by atoms with E-state index in [1.165, 1.54) is 69.9 Å². The molecule has 3 nitrogen and oxygen atoms in total. The minimum absolute atomic E-state index is 0.162. The molecule has 0 saturated heterocycles. The molecule has 39 heavy (non-hydrogen) atoms. The average Bonchev–Trinajstić information content (AvgIpc) is 2.94. The molecule has 0 heterocycles. The van der Waals surface area contributed by atoms with E-state index in [2.05, 4.69) is 18.8 Å². The molecule has 0 aliphatic carbocycles. The number of carbonyl (C=O) groups excluding carboxylic acids is 1. The largest absolute Gasteiger partial charge is 0.494 e. The predicted molar refractivity (Wildman–Crippen MR) is 147 cm³/mol. The maximum atomic E-state index is 13.3. The SMILES string of the molecule is CCCCCCCCCCCCOc1ccc(C#Cc2ccc(C(=O)Oc3cc(F)c(F)c(F)c3)cc2)cc1. The monoisotopic (exact) mass is 536 g/mol. The Hall–Kier alpha value is -3.72. The zero-order chi connectivity index (χ0) is 27.9. The molecule has 3 aromatic carbocycles. The summed E-state index contributed by atoms with van der Waals surface area (Å²) in [5.74, 6) is 1.18. The summed E-state index contributed by atoms with van der Waals surface area (Å²) in [6, 6.07) is 15.1. The van der Waals surface area contributed by atoms with Gasteiger partial charge in [-0.1, -0.05) is 76.6 Å². The van der Waals surface area contributed by atoms with Crippen LogP contribution in [0.2, 0.25) is 0 Å². The van der Waals surface area contributed by atoms with Crippen molar-refractivity contribution in [2.45, 2.75) is 71.1 Å². The number of esters is 1. The number of carbonyl (C=O) groups is 1. The second kappa shape index (κ2) is 16.3. The number of ether oxygens (including phenoxy) is 2. The first-order valence-corrected chi connectivity index (χ1v) is 13.7. The summed E-state index contributed by atoms with van der Waals surface area (Å²) in [6.45, 7) is 2.96. The van der Waals surface area contributed by atoms with Crippen molar-refractivity contribution in [3.05, 3.63) is 94.8 Å². The zero-order valence-corrected chi connectivity index (χ0v) is 22.4. The molecule has 0 spiro atoms. The lowest BCUT2D eigenvalue weighted by Crippen LogP contribution is -2.09. The van der Waals surface area contributed by atoms with Gasteiger partial charge in [0.1, 0.15) is 11.5 Å². The van der Waals surface area contributed by atoms with Gasteiger partial charge in [0, 0.05) is 23.3 Å². The quantitative estimate of drug-likeness (QED) is 0.0678. The number of hydrogen-bond acceptors (Lipinski definition) is 3. The van der Waals surface area contributed by atoms with Crippen LogP contribution in [0.4, 0.5) is 13.2 Å². The molecule has 0 unspecified atom stereocenters. The van der Waals surface area contributed by atoms with Crippen LogP contribution in [-0.2, 0) is 0 Å². The molecule has 0 atom stereocenters. The average molecular weight is 537 g/mol. The van der Waals surface area contributed by atoms with Crippen molar-refractivity contribution in [2.75, 3.05) is 6.61 Å². The van der Waals surface area contributed by atoms with Gasteiger partial charge in [-0.2, -0.15) is 0 Å². The van der Waals surface area contributed by atoms with Gasteiger partial charge in [0.15, 0.2) is 17.5 Å². The Kier molecular flexibility index (Phi) is 12.5. The van der Waals surface area contributed by atoms with E-state index in [9.17, 15) is 18.0 Å². The summed E-state index contributed by atoms with van der Waals surface area (Å²) in [4.78, 5) is 12.2. The van der Waals surface area contributed by atoms with Gasteiger partial charge in [-0.05, 0) is 55.0 Å². The van der Waals surface area contributed by atoms with Crippen molar-refractivity contribution in [2.24, 2.45) is 0 Å². The predicted octanol–water partition coefficient (Wildman–Crippen LogP) is 9.02. The Morgan fingerprint density at radius 3 is 1.69 bits per heavy atom. The second-order valence-corrected chi connectivity index (χ2v) is 9.47. The molecule has 0 aliphatic heterocycles. The normalized spacial score (nSPS) is 10.6. The van der Waals surface area contributed by atoms with Gasteiger partial charge in [0.2, 0.25) is 0 Å². The van der Waals surface area contributed by atoms with E-state index in [0.717, 1.165) is 17.7 Å². The number of rotatable bonds is 14. The number of halogens is 3. The lowest BCUT2D eigenvalue weighted by atomic mass is 10.1. The van der Waals surface area contributed by atoms with Gasteiger partial charge >= 0.3 is 5.97 Å². The summed E-state index contributed by atoms with van der Waals surface area (Å²) in [7, 11) is 0. The molecule has 0 N–H and O–H groups in total. The van der Waals surface area contributed by atoms with Crippen LogP contribution in [0, 0.1) is 29.3 Å². The highest BCUT2D eigenvalue weighted by molar-refractivity contribution is 5.91. The summed E-state index contributed by atoms with van der Waals surface area (Å²) >= 11 is 0. The van der Waals surface area contributed by atoms with E-state index < -0.39 is 29.2 Å². The number of benzene rings is 3. The summed E-state index contributed by atoms with van der Waals surface area (Å²) in [5.41, 5.74) is 1.66. The van der Waals surface area contributed by atoms with E-state index in [0.29, 0.717) is 24.3 Å². The molecule has 206 valence electrons. The van der Waals surface area contributed by atoms with Crippen molar-refractivity contribution < 1.29 is 27.4 Å². The van der Waals surface area contributed by atoms with Crippen molar-refractivity contribution in [1.82, 2.24) is 0 Å². The van der Waals surface area contributed by atoms with Gasteiger partial charge in [-0.25, -0.2) is 18.0 Å². The third kappa shape index (κ3) is 10.5. The third-order valence-corrected chi connectivity index (χ3v) is 6.26. The first kappa shape index (κ1) is 29.8. The Balaban J connectivity index is 1.38. The molecule has 0 bridgehead atoms. The van der Waals surface area contributed by atoms with Gasteiger partial charge in [0.25, 0.3) is 0 Å². The van der Waals surface area contributed by atoms with Crippen molar-refractivity contribution in [3.63, 3.8) is 0 Å². The molecule has 0 saturated carbocycles. The highest BCUT2D eigenvalue weighted by Crippen LogP contribution is 2.21. The van der Waals surface area contributed by atoms with Crippen LogP contribution < -0.4 is 9.47 Å². The highest BCUT2D eigenvalue weighted by atomic mass is 19.2. The topological polar surface area (TPSA) is 35.5 Å². The zero-order valence-electron chi connectivity index (χ0n) is 22.4. The van der Waals surface area contributed by atoms with E-state index in [4.69, 9.17) is 9.47 Å². The Morgan fingerprint density at radius 2 is 1.15 bits per heavy atom. The van der Waals surface area contributed by atoms with Crippen LogP contribution in [0.15, 0.2) is 60.7 Å². The van der Waals surface area contributed by atoms with Crippen molar-refractivity contribution in [1.29, 1.82) is 0 Å². The highest BCUT2D eigenvalue weighted by Gasteiger charge is 2.14. The van der Waals surface area contributed by atoms with Gasteiger partial charge in [-0.15, -0.1) is 0 Å². The fourth-order valence-electron chi connectivity index (χ4n) is 4.01. The minimum atomic E-state index is -1.62. The van der Waals surface area contributed by atoms with E-state index in [1.807, 2.05) is 24.3 Å². The molecular weight excluding hydrogens is 501 g/mol. The summed E-state index contributed by atoms with van der Waals surface area (Å²) in [5, 5.41) is 0. The first-order valence-electron chi connectivity index (χ1n) is 13.7. The van der Waals surface area contributed by atoms with Gasteiger partial charge in [-0.3, -0.25) is 0 Å². The third-order valence-electron chi connectivity index (χ3n) is 6.26. The molecular formula is C33H35F3O3. The Bertz CT molecular complexity index is 1220. The van der Waals surface area contributed by atoms with Gasteiger partial charge in [0.05, 0.1) is 12.2 Å². The maximum absolute atomic E-state index is 13.3. The number of unbranched alkanes of at least 4 members (excludes halogenated alkanes) is 9. The lowest BCUT2D eigenvalue weighted by Gasteiger charge is -2.06.